The Morgan fingerprint density at radius 2 is 2.00 bits per heavy atom. The molecule has 2 saturated heterocycles. The predicted molar refractivity (Wildman–Crippen MR) is 91.1 cm³/mol. The fourth-order valence-corrected chi connectivity index (χ4v) is 3.79. The van der Waals surface area contributed by atoms with Gasteiger partial charge in [-0.25, -0.2) is 9.97 Å². The maximum atomic E-state index is 5.94. The Balaban J connectivity index is 1.44. The fourth-order valence-electron chi connectivity index (χ4n) is 3.79. The standard InChI is InChI=1S/C17H27N5O2/c1-23-11-16-19-15(12-6-13(18)7-12)8-17(20-16)22-9-14(10-22)21-2-4-24-5-3-21/h8,12-14H,2-7,9-11,18H2,1H3. The van der Waals surface area contributed by atoms with E-state index in [0.29, 0.717) is 24.6 Å². The molecule has 7 heteroatoms. The van der Waals surface area contributed by atoms with Gasteiger partial charge in [-0.2, -0.15) is 0 Å². The Morgan fingerprint density at radius 1 is 1.25 bits per heavy atom. The van der Waals surface area contributed by atoms with Crippen molar-refractivity contribution in [1.82, 2.24) is 14.9 Å². The molecule has 4 rings (SSSR count). The van der Waals surface area contributed by atoms with Gasteiger partial charge in [0.15, 0.2) is 5.82 Å². The Kier molecular flexibility index (Phi) is 4.67. The monoisotopic (exact) mass is 333 g/mol. The lowest BCUT2D eigenvalue weighted by atomic mass is 9.78. The van der Waals surface area contributed by atoms with Crippen molar-refractivity contribution >= 4 is 5.82 Å². The molecule has 0 aromatic carbocycles. The van der Waals surface area contributed by atoms with Gasteiger partial charge in [0.05, 0.1) is 13.2 Å². The lowest BCUT2D eigenvalue weighted by Crippen LogP contribution is -2.61. The number of rotatable bonds is 5. The molecule has 1 aromatic heterocycles. The molecule has 1 aromatic rings. The van der Waals surface area contributed by atoms with Gasteiger partial charge >= 0.3 is 0 Å². The summed E-state index contributed by atoms with van der Waals surface area (Å²) in [5, 5.41) is 0. The summed E-state index contributed by atoms with van der Waals surface area (Å²) in [4.78, 5) is 14.3. The van der Waals surface area contributed by atoms with E-state index in [0.717, 1.165) is 69.6 Å². The number of hydrogen-bond acceptors (Lipinski definition) is 7. The molecule has 24 heavy (non-hydrogen) atoms. The molecule has 0 radical (unpaired) electrons. The largest absolute Gasteiger partial charge is 0.379 e. The molecule has 3 aliphatic rings. The first kappa shape index (κ1) is 16.2. The first-order chi connectivity index (χ1) is 11.7. The summed E-state index contributed by atoms with van der Waals surface area (Å²) in [6.45, 7) is 6.33. The summed E-state index contributed by atoms with van der Waals surface area (Å²) in [6.07, 6.45) is 2.05. The quantitative estimate of drug-likeness (QED) is 0.833. The molecule has 0 amide bonds. The molecule has 0 atom stereocenters. The van der Waals surface area contributed by atoms with Crippen molar-refractivity contribution in [3.05, 3.63) is 17.6 Å². The summed E-state index contributed by atoms with van der Waals surface area (Å²) < 4.78 is 10.7. The van der Waals surface area contributed by atoms with Gasteiger partial charge in [-0.3, -0.25) is 4.90 Å². The van der Waals surface area contributed by atoms with E-state index in [1.807, 2.05) is 0 Å². The van der Waals surface area contributed by atoms with Crippen molar-refractivity contribution < 1.29 is 9.47 Å². The number of ether oxygens (including phenoxy) is 2. The number of nitrogens with zero attached hydrogens (tertiary/aromatic N) is 4. The van der Waals surface area contributed by atoms with Crippen molar-refractivity contribution in [1.29, 1.82) is 0 Å². The van der Waals surface area contributed by atoms with E-state index in [1.165, 1.54) is 0 Å². The van der Waals surface area contributed by atoms with Crippen molar-refractivity contribution in [3.8, 4) is 0 Å². The van der Waals surface area contributed by atoms with Crippen LogP contribution in [0.25, 0.3) is 0 Å². The Hall–Kier alpha value is -1.28. The molecule has 132 valence electrons. The van der Waals surface area contributed by atoms with Crippen LogP contribution in [-0.4, -0.2) is 73.5 Å². The highest BCUT2D eigenvalue weighted by atomic mass is 16.5. The number of morpholine rings is 1. The van der Waals surface area contributed by atoms with E-state index < -0.39 is 0 Å². The van der Waals surface area contributed by atoms with Gasteiger partial charge in [0.2, 0.25) is 0 Å². The first-order valence-corrected chi connectivity index (χ1v) is 8.92. The van der Waals surface area contributed by atoms with Gasteiger partial charge < -0.3 is 20.1 Å². The second-order valence-corrected chi connectivity index (χ2v) is 7.14. The molecule has 1 saturated carbocycles. The molecule has 2 N–H and O–H groups in total. The van der Waals surface area contributed by atoms with Crippen LogP contribution in [0.3, 0.4) is 0 Å². The second-order valence-electron chi connectivity index (χ2n) is 7.14. The van der Waals surface area contributed by atoms with Gasteiger partial charge in [0, 0.05) is 63.1 Å². The highest BCUT2D eigenvalue weighted by Crippen LogP contribution is 2.36. The zero-order valence-corrected chi connectivity index (χ0v) is 14.4. The summed E-state index contributed by atoms with van der Waals surface area (Å²) in [5.74, 6) is 2.30. The third-order valence-electron chi connectivity index (χ3n) is 5.39. The molecule has 0 spiro atoms. The van der Waals surface area contributed by atoms with Crippen LogP contribution in [0.15, 0.2) is 6.07 Å². The predicted octanol–water partition coefficient (Wildman–Crippen LogP) is 0.349. The molecule has 3 fully saturated rings. The molecule has 7 nitrogen and oxygen atoms in total. The minimum Gasteiger partial charge on any atom is -0.379 e. The van der Waals surface area contributed by atoms with Crippen molar-refractivity contribution in [2.75, 3.05) is 51.4 Å². The van der Waals surface area contributed by atoms with Crippen LogP contribution in [0, 0.1) is 0 Å². The van der Waals surface area contributed by atoms with Gasteiger partial charge in [0.1, 0.15) is 12.4 Å². The zero-order valence-electron chi connectivity index (χ0n) is 14.4. The minimum absolute atomic E-state index is 0.328. The Morgan fingerprint density at radius 3 is 2.67 bits per heavy atom. The molecule has 0 unspecified atom stereocenters. The van der Waals surface area contributed by atoms with Crippen LogP contribution in [0.5, 0.6) is 0 Å². The van der Waals surface area contributed by atoms with Crippen LogP contribution in [0.1, 0.15) is 30.3 Å². The molecule has 0 bridgehead atoms. The van der Waals surface area contributed by atoms with E-state index in [9.17, 15) is 0 Å². The molecule has 3 heterocycles. The molecule has 1 aliphatic carbocycles. The average molecular weight is 333 g/mol. The topological polar surface area (TPSA) is 76.7 Å². The van der Waals surface area contributed by atoms with E-state index in [-0.39, 0.29) is 0 Å². The van der Waals surface area contributed by atoms with Gasteiger partial charge in [0.25, 0.3) is 0 Å². The van der Waals surface area contributed by atoms with E-state index >= 15 is 0 Å². The zero-order chi connectivity index (χ0) is 16.5. The van der Waals surface area contributed by atoms with Crippen LogP contribution >= 0.6 is 0 Å². The number of nitrogens with two attached hydrogens (primary N) is 1. The lowest BCUT2D eigenvalue weighted by molar-refractivity contribution is 0.0104. The van der Waals surface area contributed by atoms with E-state index in [1.54, 1.807) is 7.11 Å². The highest BCUT2D eigenvalue weighted by Gasteiger charge is 2.35. The van der Waals surface area contributed by atoms with Crippen LogP contribution in [0.4, 0.5) is 5.82 Å². The first-order valence-electron chi connectivity index (χ1n) is 8.92. The summed E-state index contributed by atoms with van der Waals surface area (Å²) >= 11 is 0. The smallest absolute Gasteiger partial charge is 0.156 e. The SMILES string of the molecule is COCc1nc(C2CC(N)C2)cc(N2CC(N3CCOCC3)C2)n1. The Bertz CT molecular complexity index is 566. The number of anilines is 1. The van der Waals surface area contributed by atoms with Crippen molar-refractivity contribution in [2.24, 2.45) is 5.73 Å². The number of aromatic nitrogens is 2. The fraction of sp³-hybridized carbons (Fsp3) is 0.765. The highest BCUT2D eigenvalue weighted by molar-refractivity contribution is 5.45. The van der Waals surface area contributed by atoms with Crippen LogP contribution < -0.4 is 10.6 Å². The third kappa shape index (κ3) is 3.26. The van der Waals surface area contributed by atoms with E-state index in [4.69, 9.17) is 20.2 Å². The van der Waals surface area contributed by atoms with Crippen LogP contribution in [0.2, 0.25) is 0 Å². The summed E-state index contributed by atoms with van der Waals surface area (Å²) in [6, 6.07) is 3.11. The average Bonchev–Trinajstić information content (AvgIpc) is 2.52. The number of hydrogen-bond donors (Lipinski definition) is 1. The number of methoxy groups -OCH3 is 1. The lowest BCUT2D eigenvalue weighted by Gasteiger charge is -2.47. The van der Waals surface area contributed by atoms with E-state index in [2.05, 4.69) is 20.9 Å². The molecular weight excluding hydrogens is 306 g/mol. The molecule has 2 aliphatic heterocycles. The maximum Gasteiger partial charge on any atom is 0.156 e. The van der Waals surface area contributed by atoms with Gasteiger partial charge in [-0.1, -0.05) is 0 Å². The second kappa shape index (κ2) is 6.92. The van der Waals surface area contributed by atoms with Gasteiger partial charge in [-0.05, 0) is 12.8 Å². The summed E-state index contributed by atoms with van der Waals surface area (Å²) in [5.41, 5.74) is 7.07. The normalized spacial score (nSPS) is 28.5. The molecular formula is C17H27N5O2. The Labute approximate surface area is 143 Å². The maximum absolute atomic E-state index is 5.94. The van der Waals surface area contributed by atoms with Gasteiger partial charge in [-0.15, -0.1) is 0 Å². The third-order valence-corrected chi connectivity index (χ3v) is 5.39. The minimum atomic E-state index is 0.328. The van der Waals surface area contributed by atoms with Crippen molar-refractivity contribution in [2.45, 2.75) is 37.5 Å². The summed E-state index contributed by atoms with van der Waals surface area (Å²) in [7, 11) is 1.69. The van der Waals surface area contributed by atoms with Crippen LogP contribution in [-0.2, 0) is 16.1 Å². The van der Waals surface area contributed by atoms with Crippen molar-refractivity contribution in [3.63, 3.8) is 0 Å².